The minimum atomic E-state index is -5.02. The fraction of sp³-hybridized carbons (Fsp3) is 0.143. The van der Waals surface area contributed by atoms with Gasteiger partial charge in [-0.05, 0) is 0 Å². The smallest absolute Gasteiger partial charge is 0 e. The van der Waals surface area contributed by atoms with Gasteiger partial charge in [0.05, 0.1) is 0 Å². The summed E-state index contributed by atoms with van der Waals surface area (Å²) in [6.45, 7) is 0. The van der Waals surface area contributed by atoms with Crippen molar-refractivity contribution in [2.24, 2.45) is 0 Å². The second kappa shape index (κ2) is 9.20. The number of anilines is 1. The minimum Gasteiger partial charge on any atom is 0 e. The molecule has 1 unspecified atom stereocenters. The molecular formula is C7H10AsNNa2O6S. The molecule has 1 rings (SSSR count). The molecule has 0 spiro atoms. The molecule has 0 amide bonds. The summed E-state index contributed by atoms with van der Waals surface area (Å²) in [5.41, 5.74) is 0.00429. The van der Waals surface area contributed by atoms with Crippen molar-refractivity contribution in [1.82, 2.24) is 0 Å². The minimum absolute atomic E-state index is 0. The molecule has 0 aliphatic heterocycles. The summed E-state index contributed by atoms with van der Waals surface area (Å²) < 4.78 is 47.5. The van der Waals surface area contributed by atoms with E-state index in [4.69, 9.17) is 12.7 Å². The summed E-state index contributed by atoms with van der Waals surface area (Å²) in [5.74, 6) is -0.594. The van der Waals surface area contributed by atoms with E-state index in [1.165, 1.54) is 0 Å². The number of benzene rings is 1. The Balaban J connectivity index is 0. The second-order valence-corrected chi connectivity index (χ2v) is 7.19. The van der Waals surface area contributed by atoms with Gasteiger partial charge in [-0.25, -0.2) is 0 Å². The van der Waals surface area contributed by atoms with Gasteiger partial charge in [-0.1, -0.05) is 0 Å². The van der Waals surface area contributed by atoms with Gasteiger partial charge in [0.1, 0.15) is 0 Å². The van der Waals surface area contributed by atoms with Crippen LogP contribution in [0.3, 0.4) is 0 Å². The molecular weight excluding hydrogens is 347 g/mol. The fourth-order valence-electron chi connectivity index (χ4n) is 0.986. The zero-order valence-corrected chi connectivity index (χ0v) is 16.6. The molecule has 0 bridgehead atoms. The summed E-state index contributed by atoms with van der Waals surface area (Å²) in [5, 5.41) is 11.7. The first kappa shape index (κ1) is 21.5. The number of aromatic hydroxyl groups is 1. The molecule has 0 saturated heterocycles. The van der Waals surface area contributed by atoms with Crippen molar-refractivity contribution in [2.75, 3.05) is 11.2 Å². The third-order valence-corrected chi connectivity index (χ3v) is 4.09. The topological polar surface area (TPSA) is 127 Å². The number of rotatable bonds is 4. The van der Waals surface area contributed by atoms with Gasteiger partial charge in [0.25, 0.3) is 0 Å². The first-order valence-corrected chi connectivity index (χ1v) is 8.67. The number of phenols is 1. The predicted octanol–water partition coefficient (Wildman–Crippen LogP) is -2.22. The Morgan fingerprint density at radius 3 is 2.28 bits per heavy atom. The molecule has 0 aliphatic carbocycles. The molecule has 18 heavy (non-hydrogen) atoms. The molecule has 1 atom stereocenters. The SMILES string of the molecule is O=S(O)CNc1cc([As](=O)(O)O)ccc1O.[Na].[Na]. The van der Waals surface area contributed by atoms with Crippen molar-refractivity contribution < 1.29 is 25.8 Å². The van der Waals surface area contributed by atoms with Crippen LogP contribution >= 0.6 is 0 Å². The largest absolute Gasteiger partial charge is 0 e. The number of phenolic OH excluding ortho intramolecular Hbond substituents is 1. The van der Waals surface area contributed by atoms with Gasteiger partial charge in [-0.3, -0.25) is 0 Å². The summed E-state index contributed by atoms with van der Waals surface area (Å²) in [7, 11) is 0. The second-order valence-electron chi connectivity index (χ2n) is 2.89. The van der Waals surface area contributed by atoms with Gasteiger partial charge in [-0.15, -0.1) is 0 Å². The Morgan fingerprint density at radius 2 is 1.83 bits per heavy atom. The molecule has 1 aromatic carbocycles. The van der Waals surface area contributed by atoms with E-state index < -0.39 is 25.3 Å². The summed E-state index contributed by atoms with van der Waals surface area (Å²) in [4.78, 5) is 0. The molecule has 0 saturated carbocycles. The normalized spacial score (nSPS) is 11.9. The Kier molecular flexibility index (Phi) is 11.0. The fourth-order valence-corrected chi connectivity index (χ4v) is 2.45. The monoisotopic (exact) mass is 357 g/mol. The number of hydrogen-bond donors (Lipinski definition) is 5. The third kappa shape index (κ3) is 7.11. The van der Waals surface area contributed by atoms with E-state index in [0.29, 0.717) is 0 Å². The van der Waals surface area contributed by atoms with Crippen LogP contribution in [0.1, 0.15) is 0 Å². The van der Waals surface area contributed by atoms with Crippen molar-refractivity contribution in [1.29, 1.82) is 0 Å². The average molecular weight is 357 g/mol. The zero-order chi connectivity index (χ0) is 12.3. The first-order valence-electron chi connectivity index (χ1n) is 4.01. The maximum absolute atomic E-state index is 11.0. The van der Waals surface area contributed by atoms with Crippen molar-refractivity contribution in [2.45, 2.75) is 0 Å². The van der Waals surface area contributed by atoms with E-state index in [0.717, 1.165) is 18.2 Å². The molecule has 0 aromatic heterocycles. The van der Waals surface area contributed by atoms with E-state index in [9.17, 15) is 13.1 Å². The number of hydrogen-bond acceptors (Lipinski definition) is 4. The van der Waals surface area contributed by atoms with Gasteiger partial charge < -0.3 is 0 Å². The molecule has 1 aromatic rings. The maximum atomic E-state index is 11.0. The van der Waals surface area contributed by atoms with Crippen LogP contribution in [0.15, 0.2) is 18.2 Å². The Labute approximate surface area is 153 Å². The summed E-state index contributed by atoms with van der Waals surface area (Å²) >= 11 is -7.13. The molecule has 0 aliphatic rings. The predicted molar refractivity (Wildman–Crippen MR) is 69.4 cm³/mol. The van der Waals surface area contributed by atoms with Crippen LogP contribution in [0, 0.1) is 0 Å². The van der Waals surface area contributed by atoms with Crippen molar-refractivity contribution in [3.05, 3.63) is 18.2 Å². The molecule has 11 heteroatoms. The third-order valence-electron chi connectivity index (χ3n) is 1.70. The van der Waals surface area contributed by atoms with Gasteiger partial charge in [0, 0.05) is 59.1 Å². The quantitative estimate of drug-likeness (QED) is 0.235. The standard InChI is InChI=1S/C7H10AsNO6S.2Na/c10-7-2-1-5(8(11,12)13)3-6(7)9-4-16(14)15;;/h1-3,9-10H,4H2,(H,14,15)(H2,11,12,13);;. The summed E-state index contributed by atoms with van der Waals surface area (Å²) in [6.07, 6.45) is 0. The molecule has 5 N–H and O–H groups in total. The zero-order valence-electron chi connectivity index (χ0n) is 9.90. The number of nitrogens with one attached hydrogen (secondary N) is 1. The van der Waals surface area contributed by atoms with Crippen LogP contribution in [0.2, 0.25) is 0 Å². The van der Waals surface area contributed by atoms with Gasteiger partial charge >= 0.3 is 96.2 Å². The molecule has 92 valence electrons. The first-order chi connectivity index (χ1) is 7.30. The Morgan fingerprint density at radius 1 is 1.28 bits per heavy atom. The van der Waals surface area contributed by atoms with Gasteiger partial charge in [-0.2, -0.15) is 0 Å². The van der Waals surface area contributed by atoms with E-state index in [2.05, 4.69) is 5.32 Å². The molecule has 7 nitrogen and oxygen atoms in total. The van der Waals surface area contributed by atoms with Crippen LogP contribution in [0.4, 0.5) is 5.69 Å². The van der Waals surface area contributed by atoms with Crippen molar-refractivity contribution in [3.8, 4) is 5.75 Å². The van der Waals surface area contributed by atoms with Gasteiger partial charge in [0.15, 0.2) is 0 Å². The van der Waals surface area contributed by atoms with Crippen LogP contribution < -0.4 is 9.67 Å². The Bertz CT molecular complexity index is 467. The van der Waals surface area contributed by atoms with Crippen molar-refractivity contribution >= 4 is 94.4 Å². The van der Waals surface area contributed by atoms with Crippen molar-refractivity contribution in [3.63, 3.8) is 0 Å². The molecule has 0 heterocycles. The van der Waals surface area contributed by atoms with E-state index in [-0.39, 0.29) is 80.8 Å². The van der Waals surface area contributed by atoms with E-state index >= 15 is 0 Å². The maximum Gasteiger partial charge on any atom is 0 e. The van der Waals surface area contributed by atoms with Crippen LogP contribution in [0.25, 0.3) is 0 Å². The average Bonchev–Trinajstić information content (AvgIpc) is 2.14. The Hall–Kier alpha value is 1.21. The summed E-state index contributed by atoms with van der Waals surface area (Å²) in [6, 6.07) is 3.27. The molecule has 0 fully saturated rings. The van der Waals surface area contributed by atoms with E-state index in [1.807, 2.05) is 0 Å². The van der Waals surface area contributed by atoms with Crippen LogP contribution in [-0.4, -0.2) is 101 Å². The molecule has 2 radical (unpaired) electrons. The van der Waals surface area contributed by atoms with E-state index in [1.54, 1.807) is 0 Å². The van der Waals surface area contributed by atoms with Crippen LogP contribution in [-0.2, 0) is 14.8 Å². The van der Waals surface area contributed by atoms with Gasteiger partial charge in [0.2, 0.25) is 0 Å². The van der Waals surface area contributed by atoms with Crippen LogP contribution in [0.5, 0.6) is 5.75 Å².